The van der Waals surface area contributed by atoms with Crippen molar-refractivity contribution in [3.63, 3.8) is 0 Å². The average Bonchev–Trinajstić information content (AvgIpc) is 2.06. The summed E-state index contributed by atoms with van der Waals surface area (Å²) in [5, 5.41) is 0. The van der Waals surface area contributed by atoms with E-state index in [1.165, 1.54) is 0 Å². The predicted molar refractivity (Wildman–Crippen MR) is 41.7 cm³/mol. The Morgan fingerprint density at radius 2 is 0.952 bits per heavy atom. The van der Waals surface area contributed by atoms with Gasteiger partial charge in [0, 0.05) is 0 Å². The van der Waals surface area contributed by atoms with E-state index in [0.717, 1.165) is 0 Å². The van der Waals surface area contributed by atoms with Crippen LogP contribution in [0.1, 0.15) is 0 Å². The van der Waals surface area contributed by atoms with Crippen molar-refractivity contribution in [3.8, 4) is 0 Å². The molecule has 126 valence electrons. The van der Waals surface area contributed by atoms with Gasteiger partial charge in [-0.25, -0.2) is 0 Å². The summed E-state index contributed by atoms with van der Waals surface area (Å²) in [7, 11) is -0.155. The van der Waals surface area contributed by atoms with Gasteiger partial charge in [0.25, 0.3) is 0 Å². The summed E-state index contributed by atoms with van der Waals surface area (Å²) in [6.07, 6.45) is -26.0. The molecule has 0 aromatic heterocycles. The highest BCUT2D eigenvalue weighted by atomic mass is 19.4. The fourth-order valence-electron chi connectivity index (χ4n) is 1.29. The Kier molecular flexibility index (Phi) is 5.14. The summed E-state index contributed by atoms with van der Waals surface area (Å²) in [5.74, 6) is -8.37. The highest BCUT2D eigenvalue weighted by Crippen LogP contribution is 2.50. The molecular weight excluding hydrogens is 340 g/mol. The minimum atomic E-state index is -6.53. The summed E-state index contributed by atoms with van der Waals surface area (Å²) < 4.78 is 150. The van der Waals surface area contributed by atoms with E-state index in [1.807, 2.05) is 0 Å². The zero-order valence-corrected chi connectivity index (χ0v) is 9.52. The first-order chi connectivity index (χ1) is 8.94. The van der Waals surface area contributed by atoms with E-state index < -0.39 is 42.0 Å². The normalized spacial score (nSPS) is 14.4. The molecule has 0 saturated carbocycles. The highest BCUT2D eigenvalue weighted by Gasteiger charge is 2.65. The second kappa shape index (κ2) is 5.48. The van der Waals surface area contributed by atoms with E-state index in [2.05, 4.69) is 4.74 Å². The third-order valence-corrected chi connectivity index (χ3v) is 1.95. The van der Waals surface area contributed by atoms with Crippen molar-refractivity contribution < 1.29 is 57.4 Å². The van der Waals surface area contributed by atoms with Crippen LogP contribution in [0.25, 0.3) is 0 Å². The van der Waals surface area contributed by atoms with Crippen LogP contribution >= 0.6 is 0 Å². The fraction of sp³-hybridized carbons (Fsp3) is 0.750. The van der Waals surface area contributed by atoms with E-state index in [4.69, 9.17) is 0 Å². The molecule has 0 amide bonds. The zero-order valence-electron chi connectivity index (χ0n) is 9.52. The predicted octanol–water partition coefficient (Wildman–Crippen LogP) is 4.75. The molecule has 0 saturated heterocycles. The Morgan fingerprint density at radius 1 is 0.667 bits per heavy atom. The third kappa shape index (κ3) is 4.88. The second-order valence-corrected chi connectivity index (χ2v) is 3.46. The van der Waals surface area contributed by atoms with Crippen molar-refractivity contribution in [3.05, 3.63) is 11.3 Å². The van der Waals surface area contributed by atoms with Gasteiger partial charge in [0.1, 0.15) is 5.76 Å². The molecule has 0 aromatic carbocycles. The molecule has 0 unspecified atom stereocenters. The lowest BCUT2D eigenvalue weighted by Crippen LogP contribution is -2.42. The summed E-state index contributed by atoms with van der Waals surface area (Å²) in [6.45, 7) is 0. The molecule has 0 aromatic rings. The molecule has 0 atom stereocenters. The standard InChI is InChI=1S/C8H4F12O/c1-21-2(3(5(9,10)11)6(12,13)14)4(7(15,16)17)8(18,19)20/h3H,1H3. The molecule has 0 aliphatic rings. The first kappa shape index (κ1) is 19.7. The molecule has 1 nitrogen and oxygen atoms in total. The van der Waals surface area contributed by atoms with Gasteiger partial charge in [0.05, 0.1) is 7.11 Å². The van der Waals surface area contributed by atoms with Crippen molar-refractivity contribution in [2.75, 3.05) is 7.11 Å². The number of hydrogen-bond acceptors (Lipinski definition) is 1. The Bertz CT molecular complexity index is 361. The van der Waals surface area contributed by atoms with Crippen LogP contribution < -0.4 is 0 Å². The molecule has 0 radical (unpaired) electrons. The van der Waals surface area contributed by atoms with Crippen LogP contribution in [0.5, 0.6) is 0 Å². The van der Waals surface area contributed by atoms with Gasteiger partial charge in [-0.15, -0.1) is 0 Å². The van der Waals surface area contributed by atoms with Crippen molar-refractivity contribution in [1.29, 1.82) is 0 Å². The molecule has 0 fully saturated rings. The molecule has 21 heavy (non-hydrogen) atoms. The van der Waals surface area contributed by atoms with Gasteiger partial charge in [0.2, 0.25) is 5.92 Å². The molecule has 0 spiro atoms. The number of allylic oxidation sites excluding steroid dienone is 2. The molecule has 0 aliphatic heterocycles. The van der Waals surface area contributed by atoms with E-state index in [1.54, 1.807) is 0 Å². The van der Waals surface area contributed by atoms with Crippen LogP contribution in [0.4, 0.5) is 52.7 Å². The highest BCUT2D eigenvalue weighted by molar-refractivity contribution is 5.24. The van der Waals surface area contributed by atoms with Crippen LogP contribution in [-0.4, -0.2) is 31.8 Å². The van der Waals surface area contributed by atoms with Crippen LogP contribution in [0.2, 0.25) is 0 Å². The zero-order chi connectivity index (χ0) is 17.4. The van der Waals surface area contributed by atoms with E-state index in [0.29, 0.717) is 0 Å². The van der Waals surface area contributed by atoms with Gasteiger partial charge in [0.15, 0.2) is 5.57 Å². The lowest BCUT2D eigenvalue weighted by Gasteiger charge is -2.28. The second-order valence-electron chi connectivity index (χ2n) is 3.46. The minimum absolute atomic E-state index is 0.155. The van der Waals surface area contributed by atoms with Gasteiger partial charge in [-0.3, -0.25) is 0 Å². The topological polar surface area (TPSA) is 9.23 Å². The number of methoxy groups -OCH3 is 1. The maximum Gasteiger partial charge on any atom is 0.424 e. The van der Waals surface area contributed by atoms with Crippen LogP contribution in [0.3, 0.4) is 0 Å². The van der Waals surface area contributed by atoms with Crippen LogP contribution in [0, 0.1) is 5.92 Å². The number of hydrogen-bond donors (Lipinski definition) is 0. The van der Waals surface area contributed by atoms with Crippen molar-refractivity contribution in [2.24, 2.45) is 5.92 Å². The number of rotatable bonds is 2. The SMILES string of the molecule is COC(=C(C(F)(F)F)C(F)(F)F)C(C(F)(F)F)C(F)(F)F. The largest absolute Gasteiger partial charge is 0.499 e. The van der Waals surface area contributed by atoms with Crippen molar-refractivity contribution >= 4 is 0 Å². The Hall–Kier alpha value is -1.30. The Balaban J connectivity index is 6.56. The smallest absolute Gasteiger partial charge is 0.424 e. The van der Waals surface area contributed by atoms with E-state index in [-0.39, 0.29) is 7.11 Å². The van der Waals surface area contributed by atoms with Gasteiger partial charge in [-0.2, -0.15) is 52.7 Å². The number of halogens is 12. The number of ether oxygens (including phenoxy) is 1. The maximum atomic E-state index is 12.2. The molecule has 0 aliphatic carbocycles. The van der Waals surface area contributed by atoms with Crippen molar-refractivity contribution in [1.82, 2.24) is 0 Å². The first-order valence-electron chi connectivity index (χ1n) is 4.50. The molecule has 0 rings (SSSR count). The Morgan fingerprint density at radius 3 is 1.10 bits per heavy atom. The molecule has 13 heteroatoms. The molecular formula is C8H4F12O. The van der Waals surface area contributed by atoms with E-state index in [9.17, 15) is 52.7 Å². The number of alkyl halides is 12. The summed E-state index contributed by atoms with van der Waals surface area (Å²) in [6, 6.07) is 0. The fourth-order valence-corrected chi connectivity index (χ4v) is 1.29. The van der Waals surface area contributed by atoms with Crippen LogP contribution in [-0.2, 0) is 4.74 Å². The maximum absolute atomic E-state index is 12.2. The molecule has 0 heterocycles. The molecule has 0 bridgehead atoms. The third-order valence-electron chi connectivity index (χ3n) is 1.95. The van der Waals surface area contributed by atoms with E-state index >= 15 is 0 Å². The van der Waals surface area contributed by atoms with Gasteiger partial charge in [-0.05, 0) is 0 Å². The van der Waals surface area contributed by atoms with Gasteiger partial charge >= 0.3 is 24.7 Å². The summed E-state index contributed by atoms with van der Waals surface area (Å²) in [5.41, 5.74) is -4.00. The monoisotopic (exact) mass is 344 g/mol. The van der Waals surface area contributed by atoms with Gasteiger partial charge in [-0.1, -0.05) is 0 Å². The average molecular weight is 344 g/mol. The lowest BCUT2D eigenvalue weighted by molar-refractivity contribution is -0.282. The lowest BCUT2D eigenvalue weighted by atomic mass is 10.0. The summed E-state index contributed by atoms with van der Waals surface area (Å²) >= 11 is 0. The quantitative estimate of drug-likeness (QED) is 0.519. The molecule has 0 N–H and O–H groups in total. The Labute approximate surface area is 108 Å². The first-order valence-corrected chi connectivity index (χ1v) is 4.50. The summed E-state index contributed by atoms with van der Waals surface area (Å²) in [4.78, 5) is 0. The van der Waals surface area contributed by atoms with Crippen molar-refractivity contribution in [2.45, 2.75) is 24.7 Å². The van der Waals surface area contributed by atoms with Crippen LogP contribution in [0.15, 0.2) is 11.3 Å². The minimum Gasteiger partial charge on any atom is -0.499 e. The van der Waals surface area contributed by atoms with Gasteiger partial charge < -0.3 is 4.74 Å².